The molecule has 40 heavy (non-hydrogen) atoms. The van der Waals surface area contributed by atoms with Gasteiger partial charge >= 0.3 is 0 Å². The Morgan fingerprint density at radius 1 is 1.18 bits per heavy atom. The summed E-state index contributed by atoms with van der Waals surface area (Å²) in [5, 5.41) is 4.24. The van der Waals surface area contributed by atoms with E-state index in [4.69, 9.17) is 0 Å². The normalized spacial score (nSPS) is 24.6. The van der Waals surface area contributed by atoms with Gasteiger partial charge in [0.1, 0.15) is 5.82 Å². The third kappa shape index (κ3) is 4.70. The molecule has 2 saturated carbocycles. The summed E-state index contributed by atoms with van der Waals surface area (Å²) in [7, 11) is 1.76. The molecule has 1 saturated heterocycles. The highest BCUT2D eigenvalue weighted by molar-refractivity contribution is 5.99. The van der Waals surface area contributed by atoms with E-state index in [1.807, 2.05) is 30.8 Å². The van der Waals surface area contributed by atoms with Gasteiger partial charge in [0.25, 0.3) is 5.91 Å². The first-order valence-corrected chi connectivity index (χ1v) is 14.6. The van der Waals surface area contributed by atoms with Crippen LogP contribution in [0.1, 0.15) is 67.9 Å². The predicted molar refractivity (Wildman–Crippen MR) is 154 cm³/mol. The minimum Gasteiger partial charge on any atom is -0.354 e. The highest BCUT2D eigenvalue weighted by Crippen LogP contribution is 2.58. The zero-order valence-electron chi connectivity index (χ0n) is 24.2. The quantitative estimate of drug-likeness (QED) is 0.460. The number of likely N-dealkylation sites (tertiary alicyclic amines) is 1. The van der Waals surface area contributed by atoms with Gasteiger partial charge in [-0.05, 0) is 93.5 Å². The molecule has 2 aromatic heterocycles. The monoisotopic (exact) mass is 545 g/mol. The standard InChI is InChI=1S/C32H40FN5O2/c1-19(2)36(5)31(40)27-9-24(33)6-7-28(27)38-18-23(30-20(3)14-34-15-29(30)38)8-22-16-37(17-22)26-12-32(13-26)10-25(11-32)35-21(4)39/h6-7,9,14-15,18-19,22,25-26H,8,10-13,16-17H2,1-5H3,(H,35,39). The number of hydrogen-bond donors (Lipinski definition) is 1. The Morgan fingerprint density at radius 3 is 2.58 bits per heavy atom. The van der Waals surface area contributed by atoms with Crippen LogP contribution in [0.3, 0.4) is 0 Å². The van der Waals surface area contributed by atoms with Crippen molar-refractivity contribution in [3.05, 3.63) is 59.3 Å². The summed E-state index contributed by atoms with van der Waals surface area (Å²) in [4.78, 5) is 33.4. The van der Waals surface area contributed by atoms with Crippen molar-refractivity contribution < 1.29 is 14.0 Å². The number of carbonyl (C=O) groups is 2. The van der Waals surface area contributed by atoms with Gasteiger partial charge in [0.15, 0.2) is 0 Å². The number of nitrogens with zero attached hydrogens (tertiary/aromatic N) is 4. The highest BCUT2D eigenvalue weighted by atomic mass is 19.1. The average molecular weight is 546 g/mol. The molecule has 1 N–H and O–H groups in total. The van der Waals surface area contributed by atoms with Crippen molar-refractivity contribution >= 4 is 22.7 Å². The first-order chi connectivity index (χ1) is 19.0. The van der Waals surface area contributed by atoms with Gasteiger partial charge in [-0.15, -0.1) is 0 Å². The fourth-order valence-electron chi connectivity index (χ4n) is 7.36. The Bertz CT molecular complexity index is 1460. The second kappa shape index (κ2) is 9.98. The zero-order chi connectivity index (χ0) is 28.3. The number of amides is 2. The van der Waals surface area contributed by atoms with Gasteiger partial charge in [-0.2, -0.15) is 0 Å². The van der Waals surface area contributed by atoms with Gasteiger partial charge in [-0.1, -0.05) is 0 Å². The first kappa shape index (κ1) is 26.9. The molecule has 1 spiro atoms. The summed E-state index contributed by atoms with van der Waals surface area (Å²) in [5.74, 6) is 0.0447. The van der Waals surface area contributed by atoms with Crippen molar-refractivity contribution in [1.29, 1.82) is 0 Å². The van der Waals surface area contributed by atoms with Gasteiger partial charge in [-0.25, -0.2) is 4.39 Å². The lowest BCUT2D eigenvalue weighted by Gasteiger charge is -2.62. The van der Waals surface area contributed by atoms with Crippen molar-refractivity contribution in [2.45, 2.75) is 77.9 Å². The molecule has 0 atom stereocenters. The first-order valence-electron chi connectivity index (χ1n) is 14.6. The Kier molecular flexibility index (Phi) is 6.72. The third-order valence-corrected chi connectivity index (χ3v) is 9.64. The van der Waals surface area contributed by atoms with E-state index < -0.39 is 5.82 Å². The van der Waals surface area contributed by atoms with Crippen LogP contribution in [0.2, 0.25) is 0 Å². The van der Waals surface area contributed by atoms with Gasteiger partial charge in [0.2, 0.25) is 5.91 Å². The second-order valence-electron chi connectivity index (χ2n) is 12.9. The molecule has 1 aromatic carbocycles. The van der Waals surface area contributed by atoms with Crippen LogP contribution in [0, 0.1) is 24.1 Å². The van der Waals surface area contributed by atoms with Crippen LogP contribution < -0.4 is 5.32 Å². The summed E-state index contributed by atoms with van der Waals surface area (Å²) >= 11 is 0. The Balaban J connectivity index is 1.18. The maximum absolute atomic E-state index is 14.4. The molecule has 0 unspecified atom stereocenters. The summed E-state index contributed by atoms with van der Waals surface area (Å²) in [6, 6.07) is 5.52. The number of rotatable bonds is 7. The van der Waals surface area contributed by atoms with E-state index in [9.17, 15) is 14.0 Å². The number of hydrogen-bond acceptors (Lipinski definition) is 4. The molecule has 0 radical (unpaired) electrons. The molecule has 1 aliphatic heterocycles. The molecule has 3 fully saturated rings. The number of aryl methyl sites for hydroxylation is 1. The van der Waals surface area contributed by atoms with Crippen LogP contribution in [0.5, 0.6) is 0 Å². The summed E-state index contributed by atoms with van der Waals surface area (Å²) in [6.45, 7) is 9.80. The van der Waals surface area contributed by atoms with Gasteiger partial charge in [0.05, 0.1) is 23.0 Å². The lowest BCUT2D eigenvalue weighted by atomic mass is 9.51. The molecule has 7 nitrogen and oxygen atoms in total. The maximum atomic E-state index is 14.4. The van der Waals surface area contributed by atoms with E-state index in [1.54, 1.807) is 24.9 Å². The Labute approximate surface area is 235 Å². The van der Waals surface area contributed by atoms with Crippen molar-refractivity contribution in [2.24, 2.45) is 11.3 Å². The van der Waals surface area contributed by atoms with Crippen molar-refractivity contribution in [3.8, 4) is 5.69 Å². The van der Waals surface area contributed by atoms with Crippen molar-refractivity contribution in [1.82, 2.24) is 24.7 Å². The lowest BCUT2D eigenvalue weighted by Crippen LogP contribution is -2.64. The molecular formula is C32H40FN5O2. The minimum absolute atomic E-state index is 0.000432. The van der Waals surface area contributed by atoms with E-state index >= 15 is 0 Å². The van der Waals surface area contributed by atoms with Crippen LogP contribution in [-0.4, -0.2) is 69.4 Å². The smallest absolute Gasteiger partial charge is 0.256 e. The Hall–Kier alpha value is -3.26. The van der Waals surface area contributed by atoms with E-state index in [1.165, 1.54) is 35.9 Å². The molecule has 212 valence electrons. The summed E-state index contributed by atoms with van der Waals surface area (Å²) < 4.78 is 16.4. The van der Waals surface area contributed by atoms with Gasteiger partial charge < -0.3 is 14.8 Å². The highest BCUT2D eigenvalue weighted by Gasteiger charge is 2.55. The zero-order valence-corrected chi connectivity index (χ0v) is 24.2. The largest absolute Gasteiger partial charge is 0.354 e. The van der Waals surface area contributed by atoms with E-state index in [0.29, 0.717) is 34.7 Å². The molecule has 0 bridgehead atoms. The second-order valence-corrected chi connectivity index (χ2v) is 12.9. The van der Waals surface area contributed by atoms with Crippen LogP contribution in [0.15, 0.2) is 36.8 Å². The SMILES string of the molecule is CC(=O)NC1CC2(C1)CC(N1CC(Cc3cn(-c4ccc(F)cc4C(=O)N(C)C(C)C)c4cncc(C)c34)C1)C2. The number of aromatic nitrogens is 2. The fraction of sp³-hybridized carbons (Fsp3) is 0.531. The minimum atomic E-state index is -0.421. The third-order valence-electron chi connectivity index (χ3n) is 9.64. The molecule has 2 amide bonds. The molecule has 8 heteroatoms. The number of pyridine rings is 1. The lowest BCUT2D eigenvalue weighted by molar-refractivity contribution is -0.127. The number of benzene rings is 1. The average Bonchev–Trinajstić information content (AvgIpc) is 3.20. The Morgan fingerprint density at radius 2 is 1.90 bits per heavy atom. The summed E-state index contributed by atoms with van der Waals surface area (Å²) in [6.07, 6.45) is 11.6. The van der Waals surface area contributed by atoms with Crippen LogP contribution in [-0.2, 0) is 11.2 Å². The molecule has 2 aliphatic carbocycles. The van der Waals surface area contributed by atoms with E-state index in [2.05, 4.69) is 28.3 Å². The van der Waals surface area contributed by atoms with Crippen LogP contribution in [0.25, 0.3) is 16.6 Å². The van der Waals surface area contributed by atoms with Gasteiger partial charge in [0, 0.05) is 63.0 Å². The molecule has 3 aliphatic rings. The molecule has 6 rings (SSSR count). The van der Waals surface area contributed by atoms with Gasteiger partial charge in [-0.3, -0.25) is 19.5 Å². The van der Waals surface area contributed by atoms with Crippen LogP contribution >= 0.6 is 0 Å². The van der Waals surface area contributed by atoms with Crippen molar-refractivity contribution in [2.75, 3.05) is 20.1 Å². The number of fused-ring (bicyclic) bond motifs is 1. The van der Waals surface area contributed by atoms with Crippen LogP contribution in [0.4, 0.5) is 4.39 Å². The molecule has 3 aromatic rings. The maximum Gasteiger partial charge on any atom is 0.256 e. The van der Waals surface area contributed by atoms with Crippen molar-refractivity contribution in [3.63, 3.8) is 0 Å². The topological polar surface area (TPSA) is 70.5 Å². The number of halogens is 1. The number of nitrogens with one attached hydrogen (secondary N) is 1. The number of carbonyl (C=O) groups excluding carboxylic acids is 2. The molecule has 3 heterocycles. The molecular weight excluding hydrogens is 505 g/mol. The van der Waals surface area contributed by atoms with E-state index in [-0.39, 0.29) is 17.9 Å². The summed E-state index contributed by atoms with van der Waals surface area (Å²) in [5.41, 5.74) is 4.80. The fourth-order valence-corrected chi connectivity index (χ4v) is 7.36. The van der Waals surface area contributed by atoms with E-state index in [0.717, 1.165) is 43.4 Å². The predicted octanol–water partition coefficient (Wildman–Crippen LogP) is 4.88.